The van der Waals surface area contributed by atoms with Crippen LogP contribution in [-0.4, -0.2) is 33.9 Å². The lowest BCUT2D eigenvalue weighted by molar-refractivity contribution is -0.119. The summed E-state index contributed by atoms with van der Waals surface area (Å²) in [5.41, 5.74) is 0.510. The van der Waals surface area contributed by atoms with Crippen LogP contribution in [0.25, 0.3) is 0 Å². The van der Waals surface area contributed by atoms with E-state index in [1.54, 1.807) is 71.4 Å². The van der Waals surface area contributed by atoms with E-state index < -0.39 is 18.3 Å². The van der Waals surface area contributed by atoms with E-state index in [0.29, 0.717) is 22.3 Å². The van der Waals surface area contributed by atoms with Crippen molar-refractivity contribution in [2.45, 2.75) is 12.7 Å². The number of fused-ring (bicyclic) bond motifs is 1. The molecule has 1 aliphatic heterocycles. The van der Waals surface area contributed by atoms with E-state index in [0.717, 1.165) is 10.5 Å². The number of aromatic nitrogens is 3. The van der Waals surface area contributed by atoms with E-state index in [9.17, 15) is 18.0 Å². The molecule has 3 heterocycles. The van der Waals surface area contributed by atoms with Gasteiger partial charge in [0.1, 0.15) is 23.8 Å². The average molecular weight is 529 g/mol. The van der Waals surface area contributed by atoms with E-state index in [1.165, 1.54) is 0 Å². The number of pyridine rings is 1. The molecule has 5 rings (SSSR count). The minimum Gasteiger partial charge on any atom is -0.439 e. The smallest absolute Gasteiger partial charge is 0.405 e. The molecule has 4 aromatic rings. The second-order valence-electron chi connectivity index (χ2n) is 8.22. The predicted molar refractivity (Wildman–Crippen MR) is 135 cm³/mol. The molecule has 0 spiro atoms. The number of hydrogen-bond donors (Lipinski definition) is 2. The lowest BCUT2D eigenvalue weighted by Gasteiger charge is -2.20. The SMILES string of the molecule is O=c1nc(Nc2ccc(Oc3ccccn3)cc2)n(Cc2ccc(Cl)cc2)c2c1N(CC(F)(F)F)CN2. The molecule has 0 bridgehead atoms. The van der Waals surface area contributed by atoms with Gasteiger partial charge >= 0.3 is 6.18 Å². The van der Waals surface area contributed by atoms with Gasteiger partial charge in [0.05, 0.1) is 13.2 Å². The fourth-order valence-electron chi connectivity index (χ4n) is 3.89. The molecule has 0 unspecified atom stereocenters. The quantitative estimate of drug-likeness (QED) is 0.322. The van der Waals surface area contributed by atoms with E-state index in [4.69, 9.17) is 16.3 Å². The van der Waals surface area contributed by atoms with Gasteiger partial charge in [0, 0.05) is 23.0 Å². The summed E-state index contributed by atoms with van der Waals surface area (Å²) in [5, 5.41) is 6.58. The zero-order chi connectivity index (χ0) is 26.0. The lowest BCUT2D eigenvalue weighted by atomic mass is 10.2. The second kappa shape index (κ2) is 10.0. The van der Waals surface area contributed by atoms with Gasteiger partial charge < -0.3 is 20.3 Å². The third-order valence-corrected chi connectivity index (χ3v) is 5.76. The molecular weight excluding hydrogens is 509 g/mol. The number of halogens is 4. The Labute approximate surface area is 214 Å². The van der Waals surface area contributed by atoms with Gasteiger partial charge in [-0.15, -0.1) is 0 Å². The first-order valence-corrected chi connectivity index (χ1v) is 11.5. The normalized spacial score (nSPS) is 12.7. The van der Waals surface area contributed by atoms with E-state index in [1.807, 2.05) is 6.07 Å². The Hall–Kier alpha value is -4.25. The number of anilines is 4. The number of nitrogens with zero attached hydrogens (tertiary/aromatic N) is 4. The summed E-state index contributed by atoms with van der Waals surface area (Å²) < 4.78 is 46.7. The molecule has 0 saturated carbocycles. The molecule has 2 aromatic carbocycles. The van der Waals surface area contributed by atoms with Gasteiger partial charge in [-0.3, -0.25) is 9.36 Å². The van der Waals surface area contributed by atoms with Crippen molar-refractivity contribution in [1.82, 2.24) is 14.5 Å². The summed E-state index contributed by atoms with van der Waals surface area (Å²) >= 11 is 6.00. The Morgan fingerprint density at radius 1 is 1.05 bits per heavy atom. The summed E-state index contributed by atoms with van der Waals surface area (Å²) in [6, 6.07) is 19.2. The number of ether oxygens (including phenoxy) is 1. The number of rotatable bonds is 7. The minimum absolute atomic E-state index is 0.129. The Morgan fingerprint density at radius 2 is 1.81 bits per heavy atom. The van der Waals surface area contributed by atoms with Crippen LogP contribution in [0.2, 0.25) is 5.02 Å². The third kappa shape index (κ3) is 5.78. The molecule has 0 fully saturated rings. The van der Waals surface area contributed by atoms with Crippen molar-refractivity contribution >= 4 is 34.7 Å². The third-order valence-electron chi connectivity index (χ3n) is 5.51. The average Bonchev–Trinajstić information content (AvgIpc) is 3.27. The zero-order valence-corrected chi connectivity index (χ0v) is 19.9. The van der Waals surface area contributed by atoms with Gasteiger partial charge in [-0.05, 0) is 48.0 Å². The summed E-state index contributed by atoms with van der Waals surface area (Å²) in [5.74, 6) is 1.40. The van der Waals surface area contributed by atoms with Crippen molar-refractivity contribution in [3.05, 3.63) is 93.9 Å². The first-order chi connectivity index (χ1) is 17.7. The first-order valence-electron chi connectivity index (χ1n) is 11.2. The van der Waals surface area contributed by atoms with E-state index in [-0.39, 0.29) is 30.7 Å². The minimum atomic E-state index is -4.48. The van der Waals surface area contributed by atoms with Crippen LogP contribution in [0.3, 0.4) is 0 Å². The largest absolute Gasteiger partial charge is 0.439 e. The van der Waals surface area contributed by atoms with Crippen LogP contribution < -0.4 is 25.8 Å². The Bertz CT molecular complexity index is 1450. The van der Waals surface area contributed by atoms with Crippen molar-refractivity contribution in [2.24, 2.45) is 0 Å². The predicted octanol–water partition coefficient (Wildman–Crippen LogP) is 5.63. The van der Waals surface area contributed by atoms with Crippen LogP contribution in [0.4, 0.5) is 36.3 Å². The Morgan fingerprint density at radius 3 is 2.49 bits per heavy atom. The molecule has 0 amide bonds. The summed E-state index contributed by atoms with van der Waals surface area (Å²) in [7, 11) is 0. The Kier molecular flexibility index (Phi) is 6.62. The molecule has 12 heteroatoms. The molecule has 37 heavy (non-hydrogen) atoms. The molecule has 2 N–H and O–H groups in total. The number of nitrogens with one attached hydrogen (secondary N) is 2. The summed E-state index contributed by atoms with van der Waals surface area (Å²) in [6.45, 7) is -1.21. The second-order valence-corrected chi connectivity index (χ2v) is 8.65. The van der Waals surface area contributed by atoms with Gasteiger partial charge in [-0.1, -0.05) is 29.8 Å². The number of alkyl halides is 3. The summed E-state index contributed by atoms with van der Waals surface area (Å²) in [4.78, 5) is 22.0. The molecular formula is C25H20ClF3N6O2. The van der Waals surface area contributed by atoms with Gasteiger partial charge in [0.2, 0.25) is 11.8 Å². The van der Waals surface area contributed by atoms with Gasteiger partial charge in [-0.2, -0.15) is 18.2 Å². The van der Waals surface area contributed by atoms with Gasteiger partial charge in [0.25, 0.3) is 5.56 Å². The molecule has 1 aliphatic rings. The topological polar surface area (TPSA) is 84.3 Å². The fourth-order valence-corrected chi connectivity index (χ4v) is 4.02. The van der Waals surface area contributed by atoms with Crippen molar-refractivity contribution in [3.63, 3.8) is 0 Å². The van der Waals surface area contributed by atoms with Crippen molar-refractivity contribution in [1.29, 1.82) is 0 Å². The number of hydrogen-bond acceptors (Lipinski definition) is 7. The van der Waals surface area contributed by atoms with Gasteiger partial charge in [0.15, 0.2) is 0 Å². The van der Waals surface area contributed by atoms with Crippen LogP contribution in [-0.2, 0) is 6.54 Å². The van der Waals surface area contributed by atoms with Crippen LogP contribution in [0.5, 0.6) is 11.6 Å². The van der Waals surface area contributed by atoms with Crippen LogP contribution in [0, 0.1) is 0 Å². The monoisotopic (exact) mass is 528 g/mol. The van der Waals surface area contributed by atoms with Crippen LogP contribution in [0.1, 0.15) is 5.56 Å². The maximum absolute atomic E-state index is 13.1. The fraction of sp³-hybridized carbons (Fsp3) is 0.160. The standard InChI is InChI=1S/C25H20ClF3N6O2/c26-17-6-4-16(5-7-17)13-35-22-21(34(15-31-22)14-25(27,28)29)23(36)33-24(35)32-18-8-10-19(11-9-18)37-20-3-1-2-12-30-20/h1-12,31H,13-15H2,(H,32,33,36). The number of benzene rings is 2. The van der Waals surface area contributed by atoms with E-state index >= 15 is 0 Å². The highest BCUT2D eigenvalue weighted by Gasteiger charge is 2.36. The maximum Gasteiger partial charge on any atom is 0.405 e. The van der Waals surface area contributed by atoms with Crippen molar-refractivity contribution in [3.8, 4) is 11.6 Å². The first kappa shape index (κ1) is 24.4. The lowest BCUT2D eigenvalue weighted by Crippen LogP contribution is -2.36. The van der Waals surface area contributed by atoms with Crippen molar-refractivity contribution < 1.29 is 17.9 Å². The van der Waals surface area contributed by atoms with E-state index in [2.05, 4.69) is 20.6 Å². The highest BCUT2D eigenvalue weighted by Crippen LogP contribution is 2.33. The van der Waals surface area contributed by atoms with Crippen LogP contribution >= 0.6 is 11.6 Å². The van der Waals surface area contributed by atoms with Crippen LogP contribution in [0.15, 0.2) is 77.7 Å². The summed E-state index contributed by atoms with van der Waals surface area (Å²) in [6.07, 6.45) is -2.86. The van der Waals surface area contributed by atoms with Gasteiger partial charge in [-0.25, -0.2) is 4.98 Å². The van der Waals surface area contributed by atoms with Crippen molar-refractivity contribution in [2.75, 3.05) is 28.7 Å². The molecule has 0 saturated heterocycles. The molecule has 8 nitrogen and oxygen atoms in total. The highest BCUT2D eigenvalue weighted by molar-refractivity contribution is 6.30. The highest BCUT2D eigenvalue weighted by atomic mass is 35.5. The molecule has 0 atom stereocenters. The molecule has 0 radical (unpaired) electrons. The Balaban J connectivity index is 1.47. The zero-order valence-electron chi connectivity index (χ0n) is 19.2. The molecule has 2 aromatic heterocycles. The molecule has 0 aliphatic carbocycles. The maximum atomic E-state index is 13.1. The molecule has 190 valence electrons.